The Morgan fingerprint density at radius 3 is 2.75 bits per heavy atom. The lowest BCUT2D eigenvalue weighted by Gasteiger charge is -2.44. The number of nitrogens with zero attached hydrogens (tertiary/aromatic N) is 3. The van der Waals surface area contributed by atoms with Crippen molar-refractivity contribution >= 4 is 46.8 Å². The number of carbonyl (C=O) groups excluding carboxylic acids is 1. The Morgan fingerprint density at radius 1 is 1.16 bits per heavy atom. The Balaban J connectivity index is 1.45. The summed E-state index contributed by atoms with van der Waals surface area (Å²) in [5.74, 6) is 0.0131. The van der Waals surface area contributed by atoms with Crippen LogP contribution in [0.4, 0.5) is 0 Å². The summed E-state index contributed by atoms with van der Waals surface area (Å²) >= 11 is 18.7. The molecule has 2 aliphatic rings. The number of hydrogen-bond donors (Lipinski definition) is 0. The van der Waals surface area contributed by atoms with Crippen LogP contribution >= 0.6 is 34.8 Å². The Kier molecular flexibility index (Phi) is 7.78. The molecule has 7 heteroatoms. The van der Waals surface area contributed by atoms with E-state index in [1.165, 1.54) is 0 Å². The molecule has 4 rings (SSSR count). The summed E-state index contributed by atoms with van der Waals surface area (Å²) in [4.78, 5) is 21.7. The van der Waals surface area contributed by atoms with Crippen LogP contribution in [-0.4, -0.2) is 58.8 Å². The minimum absolute atomic E-state index is 0.0131. The second kappa shape index (κ2) is 10.6. The molecule has 0 radical (unpaired) electrons. The van der Waals surface area contributed by atoms with Gasteiger partial charge in [0.05, 0.1) is 0 Å². The molecule has 0 bridgehead atoms. The fourth-order valence-electron chi connectivity index (χ4n) is 4.98. The lowest BCUT2D eigenvalue weighted by molar-refractivity contribution is 0.0464. The second-order valence-corrected chi connectivity index (χ2v) is 10.4. The molecule has 32 heavy (non-hydrogen) atoms. The predicted octanol–water partition coefficient (Wildman–Crippen LogP) is 6.03. The minimum Gasteiger partial charge on any atom is -0.338 e. The van der Waals surface area contributed by atoms with E-state index in [2.05, 4.69) is 22.0 Å². The molecule has 2 unspecified atom stereocenters. The van der Waals surface area contributed by atoms with Crippen molar-refractivity contribution in [3.8, 4) is 0 Å². The zero-order chi connectivity index (χ0) is 22.6. The summed E-state index contributed by atoms with van der Waals surface area (Å²) in [5.41, 5.74) is 1.75. The number of aromatic nitrogens is 1. The van der Waals surface area contributed by atoms with Gasteiger partial charge in [0.1, 0.15) is 5.15 Å². The van der Waals surface area contributed by atoms with Gasteiger partial charge in [-0.05, 0) is 62.1 Å². The highest BCUT2D eigenvalue weighted by atomic mass is 35.5. The second-order valence-electron chi connectivity index (χ2n) is 8.98. The van der Waals surface area contributed by atoms with Crippen LogP contribution in [0.3, 0.4) is 0 Å². The predicted molar refractivity (Wildman–Crippen MR) is 133 cm³/mol. The van der Waals surface area contributed by atoms with Crippen molar-refractivity contribution in [3.05, 3.63) is 70.0 Å². The van der Waals surface area contributed by atoms with E-state index in [4.69, 9.17) is 34.8 Å². The Bertz CT molecular complexity index is 965. The molecule has 0 saturated carbocycles. The van der Waals surface area contributed by atoms with Crippen molar-refractivity contribution in [2.45, 2.75) is 31.1 Å². The third-order valence-electron chi connectivity index (χ3n) is 6.44. The van der Waals surface area contributed by atoms with Gasteiger partial charge in [0.2, 0.25) is 0 Å². The zero-order valence-electron chi connectivity index (χ0n) is 18.0. The smallest absolute Gasteiger partial charge is 0.254 e. The normalized spacial score (nSPS) is 24.7. The molecular formula is C25H28Cl3N3O. The average molecular weight is 493 g/mol. The first-order valence-corrected chi connectivity index (χ1v) is 12.3. The van der Waals surface area contributed by atoms with Gasteiger partial charge in [-0.15, -0.1) is 11.6 Å². The van der Waals surface area contributed by atoms with Crippen LogP contribution in [-0.2, 0) is 0 Å². The molecular weight excluding hydrogens is 465 g/mol. The van der Waals surface area contributed by atoms with Gasteiger partial charge in [0, 0.05) is 53.8 Å². The molecule has 2 aromatic rings. The van der Waals surface area contributed by atoms with Gasteiger partial charge in [-0.3, -0.25) is 9.69 Å². The minimum atomic E-state index is 0.0131. The highest BCUT2D eigenvalue weighted by molar-refractivity contribution is 6.30. The molecule has 1 spiro atoms. The standard InChI is InChI=1S/C25H28Cl3N3O/c26-21-6-4-19(5-7-21)3-1-12-30-13-2-10-25(17-30)16-22(27)9-14-31(18-25)24(32)20-8-11-29-23(28)15-20/h1,3-8,11,15,22H,2,9-10,12-14,16-18H2/b3-1+. The highest BCUT2D eigenvalue weighted by Crippen LogP contribution is 2.40. The number of halogens is 3. The molecule has 0 N–H and O–H groups in total. The van der Waals surface area contributed by atoms with Crippen LogP contribution in [0, 0.1) is 5.41 Å². The lowest BCUT2D eigenvalue weighted by Crippen LogP contribution is -2.50. The van der Waals surface area contributed by atoms with Crippen molar-refractivity contribution in [2.24, 2.45) is 5.41 Å². The van der Waals surface area contributed by atoms with Crippen molar-refractivity contribution in [2.75, 3.05) is 32.7 Å². The van der Waals surface area contributed by atoms with Crippen LogP contribution in [0.2, 0.25) is 10.2 Å². The maximum atomic E-state index is 13.2. The molecule has 4 nitrogen and oxygen atoms in total. The van der Waals surface area contributed by atoms with Gasteiger partial charge in [-0.25, -0.2) is 4.98 Å². The fourth-order valence-corrected chi connectivity index (χ4v) is 5.71. The molecule has 2 aliphatic heterocycles. The van der Waals surface area contributed by atoms with E-state index in [1.807, 2.05) is 29.2 Å². The van der Waals surface area contributed by atoms with Gasteiger partial charge >= 0.3 is 0 Å². The first-order valence-electron chi connectivity index (χ1n) is 11.1. The summed E-state index contributed by atoms with van der Waals surface area (Å²) in [6.45, 7) is 4.29. The van der Waals surface area contributed by atoms with Gasteiger partial charge in [0.25, 0.3) is 5.91 Å². The number of amides is 1. The van der Waals surface area contributed by atoms with Crippen LogP contribution in [0.25, 0.3) is 6.08 Å². The largest absolute Gasteiger partial charge is 0.338 e. The van der Waals surface area contributed by atoms with E-state index >= 15 is 0 Å². The lowest BCUT2D eigenvalue weighted by atomic mass is 9.76. The van der Waals surface area contributed by atoms with Gasteiger partial charge < -0.3 is 4.90 Å². The highest BCUT2D eigenvalue weighted by Gasteiger charge is 2.41. The topological polar surface area (TPSA) is 36.4 Å². The van der Waals surface area contributed by atoms with E-state index < -0.39 is 0 Å². The number of rotatable bonds is 4. The number of carbonyl (C=O) groups is 1. The number of likely N-dealkylation sites (tertiary alicyclic amines) is 2. The molecule has 0 aliphatic carbocycles. The van der Waals surface area contributed by atoms with Crippen molar-refractivity contribution in [1.82, 2.24) is 14.8 Å². The van der Waals surface area contributed by atoms with Crippen molar-refractivity contribution in [1.29, 1.82) is 0 Å². The maximum absolute atomic E-state index is 13.2. The Morgan fingerprint density at radius 2 is 1.97 bits per heavy atom. The quantitative estimate of drug-likeness (QED) is 0.386. The van der Waals surface area contributed by atoms with E-state index in [-0.39, 0.29) is 16.7 Å². The molecule has 3 heterocycles. The van der Waals surface area contributed by atoms with Gasteiger partial charge in [0.15, 0.2) is 0 Å². The third kappa shape index (κ3) is 6.05. The fraction of sp³-hybridized carbons (Fsp3) is 0.440. The van der Waals surface area contributed by atoms with Crippen LogP contribution < -0.4 is 0 Å². The van der Waals surface area contributed by atoms with E-state index in [0.29, 0.717) is 17.3 Å². The molecule has 1 aromatic heterocycles. The number of pyridine rings is 1. The summed E-state index contributed by atoms with van der Waals surface area (Å²) < 4.78 is 0. The average Bonchev–Trinajstić information content (AvgIpc) is 2.93. The number of piperidine rings is 1. The number of hydrogen-bond acceptors (Lipinski definition) is 3. The van der Waals surface area contributed by atoms with Crippen molar-refractivity contribution < 1.29 is 4.79 Å². The number of benzene rings is 1. The molecule has 2 atom stereocenters. The zero-order valence-corrected chi connectivity index (χ0v) is 20.3. The summed E-state index contributed by atoms with van der Waals surface area (Å²) in [6.07, 6.45) is 9.88. The SMILES string of the molecule is O=C(c1ccnc(Cl)c1)N1CCC(Cl)CC2(CCCN(C/C=C/c3ccc(Cl)cc3)C2)C1. The van der Waals surface area contributed by atoms with Crippen LogP contribution in [0.1, 0.15) is 41.6 Å². The van der Waals surface area contributed by atoms with E-state index in [1.54, 1.807) is 18.3 Å². The first-order chi connectivity index (χ1) is 15.4. The molecule has 1 amide bonds. The van der Waals surface area contributed by atoms with E-state index in [9.17, 15) is 4.79 Å². The molecule has 170 valence electrons. The van der Waals surface area contributed by atoms with Gasteiger partial charge in [-0.2, -0.15) is 0 Å². The van der Waals surface area contributed by atoms with Crippen LogP contribution in [0.5, 0.6) is 0 Å². The van der Waals surface area contributed by atoms with E-state index in [0.717, 1.165) is 62.4 Å². The van der Waals surface area contributed by atoms with Crippen LogP contribution in [0.15, 0.2) is 48.7 Å². The third-order valence-corrected chi connectivity index (χ3v) is 7.27. The summed E-state index contributed by atoms with van der Waals surface area (Å²) in [6, 6.07) is 11.2. The Hall–Kier alpha value is -1.59. The molecule has 1 aromatic carbocycles. The Labute approximate surface area is 205 Å². The van der Waals surface area contributed by atoms with Gasteiger partial charge in [-0.1, -0.05) is 47.5 Å². The first kappa shape index (κ1) is 23.6. The monoisotopic (exact) mass is 491 g/mol. The number of alkyl halides is 1. The van der Waals surface area contributed by atoms with Crippen molar-refractivity contribution in [3.63, 3.8) is 0 Å². The summed E-state index contributed by atoms with van der Waals surface area (Å²) in [7, 11) is 0. The summed E-state index contributed by atoms with van der Waals surface area (Å²) in [5, 5.41) is 1.17. The molecule has 2 fully saturated rings. The molecule has 2 saturated heterocycles. The maximum Gasteiger partial charge on any atom is 0.254 e.